The fraction of sp³-hybridized carbons (Fsp3) is 0.0526. The van der Waals surface area contributed by atoms with Gasteiger partial charge in [-0.15, -0.1) is 0 Å². The summed E-state index contributed by atoms with van der Waals surface area (Å²) in [5.41, 5.74) is 1.98. The number of rotatable bonds is 3. The zero-order valence-corrected chi connectivity index (χ0v) is 24.6. The summed E-state index contributed by atoms with van der Waals surface area (Å²) in [6.45, 7) is 0. The molecule has 0 N–H and O–H groups in total. The molecule has 0 amide bonds. The lowest BCUT2D eigenvalue weighted by Crippen LogP contribution is -2.07. The van der Waals surface area contributed by atoms with Gasteiger partial charge in [0.1, 0.15) is 0 Å². The molecule has 0 fully saturated rings. The minimum absolute atomic E-state index is 0.161. The van der Waals surface area contributed by atoms with Gasteiger partial charge in [0.2, 0.25) is 0 Å². The van der Waals surface area contributed by atoms with Crippen molar-refractivity contribution >= 4 is 43.6 Å². The Morgan fingerprint density at radius 3 is 1.40 bits per heavy atom. The minimum atomic E-state index is -4.62. The molecule has 0 bridgehead atoms. The molecule has 3 aromatic heterocycles. The molecule has 234 valence electrons. The first-order chi connectivity index (χ1) is 23.0. The van der Waals surface area contributed by atoms with Crippen LogP contribution in [0.25, 0.3) is 66.1 Å². The fourth-order valence-electron chi connectivity index (χ4n) is 6.66. The van der Waals surface area contributed by atoms with Gasteiger partial charge in [0, 0.05) is 39.5 Å². The van der Waals surface area contributed by atoms with E-state index in [1.165, 1.54) is 12.1 Å². The van der Waals surface area contributed by atoms with Crippen LogP contribution in [0.4, 0.5) is 26.3 Å². The Bertz CT molecular complexity index is 2450. The molecule has 4 nitrogen and oxygen atoms in total. The molecule has 0 spiro atoms. The van der Waals surface area contributed by atoms with Crippen LogP contribution in [0.5, 0.6) is 0 Å². The Morgan fingerprint density at radius 1 is 0.521 bits per heavy atom. The summed E-state index contributed by atoms with van der Waals surface area (Å²) in [5.74, 6) is 0. The standard InChI is InChI=1S/C38H20F6N4/c39-37(40,41)24-9-11-28-26-5-1-3-7-30(26)47(32(28)19-24)34-17-22(21-45)18-35(36(34)23-13-15-46-16-14-23)48-31-8-4-2-6-27(31)29-12-10-25(20-33(29)48)38(42,43)44/h1-20H. The van der Waals surface area contributed by atoms with E-state index in [9.17, 15) is 31.6 Å². The summed E-state index contributed by atoms with van der Waals surface area (Å²) in [6, 6.07) is 30.3. The van der Waals surface area contributed by atoms with E-state index < -0.39 is 23.5 Å². The maximum atomic E-state index is 14.1. The van der Waals surface area contributed by atoms with Gasteiger partial charge in [-0.3, -0.25) is 4.98 Å². The number of hydrogen-bond donors (Lipinski definition) is 0. The number of halogens is 6. The first-order valence-electron chi connectivity index (χ1n) is 14.7. The number of para-hydroxylation sites is 2. The highest BCUT2D eigenvalue weighted by molar-refractivity contribution is 6.12. The van der Waals surface area contributed by atoms with Crippen molar-refractivity contribution in [2.45, 2.75) is 12.4 Å². The molecule has 0 unspecified atom stereocenters. The third-order valence-electron chi connectivity index (χ3n) is 8.68. The molecule has 0 saturated carbocycles. The van der Waals surface area contributed by atoms with Crippen molar-refractivity contribution in [3.63, 3.8) is 0 Å². The number of alkyl halides is 6. The molecule has 0 aliphatic carbocycles. The summed E-state index contributed by atoms with van der Waals surface area (Å²) >= 11 is 0. The van der Waals surface area contributed by atoms with Crippen LogP contribution in [0.2, 0.25) is 0 Å². The van der Waals surface area contributed by atoms with Gasteiger partial charge in [-0.05, 0) is 66.2 Å². The Kier molecular flexibility index (Phi) is 6.40. The number of benzene rings is 5. The van der Waals surface area contributed by atoms with E-state index in [2.05, 4.69) is 11.1 Å². The van der Waals surface area contributed by atoms with Gasteiger partial charge in [-0.1, -0.05) is 48.5 Å². The maximum Gasteiger partial charge on any atom is 0.416 e. The lowest BCUT2D eigenvalue weighted by Gasteiger charge is -2.21. The normalized spacial score (nSPS) is 12.4. The molecule has 5 aromatic carbocycles. The van der Waals surface area contributed by atoms with Gasteiger partial charge in [0.25, 0.3) is 0 Å². The van der Waals surface area contributed by atoms with Crippen molar-refractivity contribution in [2.75, 3.05) is 0 Å². The molecular formula is C38H20F6N4. The van der Waals surface area contributed by atoms with E-state index in [0.29, 0.717) is 55.1 Å². The van der Waals surface area contributed by atoms with Crippen molar-refractivity contribution in [1.82, 2.24) is 14.1 Å². The molecule has 3 heterocycles. The molecule has 8 rings (SSSR count). The second-order valence-electron chi connectivity index (χ2n) is 11.4. The largest absolute Gasteiger partial charge is 0.416 e. The second kappa shape index (κ2) is 10.5. The fourth-order valence-corrected chi connectivity index (χ4v) is 6.66. The zero-order chi connectivity index (χ0) is 33.4. The van der Waals surface area contributed by atoms with Crippen LogP contribution in [0.15, 0.2) is 122 Å². The van der Waals surface area contributed by atoms with E-state index in [0.717, 1.165) is 24.3 Å². The monoisotopic (exact) mass is 646 g/mol. The maximum absolute atomic E-state index is 14.1. The average molecular weight is 647 g/mol. The van der Waals surface area contributed by atoms with Crippen molar-refractivity contribution in [3.05, 3.63) is 138 Å². The van der Waals surface area contributed by atoms with Crippen LogP contribution >= 0.6 is 0 Å². The molecular weight excluding hydrogens is 626 g/mol. The Morgan fingerprint density at radius 2 is 0.958 bits per heavy atom. The summed E-state index contributed by atoms with van der Waals surface area (Å²) in [6.07, 6.45) is -6.13. The number of nitriles is 1. The smallest absolute Gasteiger partial charge is 0.308 e. The van der Waals surface area contributed by atoms with Crippen molar-refractivity contribution < 1.29 is 26.3 Å². The SMILES string of the molecule is N#Cc1cc(-n2c3ccccc3c3ccc(C(F)(F)F)cc32)c(-c2ccncc2)c(-n2c3ccccc3c3ccc(C(F)(F)F)cc32)c1. The van der Waals surface area contributed by atoms with Crippen LogP contribution in [0.3, 0.4) is 0 Å². The van der Waals surface area contributed by atoms with Gasteiger partial charge < -0.3 is 9.13 Å². The van der Waals surface area contributed by atoms with E-state index in [-0.39, 0.29) is 16.6 Å². The van der Waals surface area contributed by atoms with Crippen molar-refractivity contribution in [1.29, 1.82) is 5.26 Å². The van der Waals surface area contributed by atoms with Crippen LogP contribution in [-0.4, -0.2) is 14.1 Å². The topological polar surface area (TPSA) is 46.5 Å². The van der Waals surface area contributed by atoms with Crippen molar-refractivity contribution in [3.8, 4) is 28.6 Å². The number of hydrogen-bond acceptors (Lipinski definition) is 2. The second-order valence-corrected chi connectivity index (χ2v) is 11.4. The Balaban J connectivity index is 1.59. The summed E-state index contributed by atoms with van der Waals surface area (Å²) in [5, 5.41) is 12.8. The van der Waals surface area contributed by atoms with Crippen LogP contribution in [-0.2, 0) is 12.4 Å². The molecule has 0 atom stereocenters. The van der Waals surface area contributed by atoms with Gasteiger partial charge >= 0.3 is 12.4 Å². The molecule has 0 saturated heterocycles. The third kappa shape index (κ3) is 4.50. The summed E-state index contributed by atoms with van der Waals surface area (Å²) < 4.78 is 87.9. The lowest BCUT2D eigenvalue weighted by molar-refractivity contribution is -0.138. The summed E-state index contributed by atoms with van der Waals surface area (Å²) in [7, 11) is 0. The first-order valence-corrected chi connectivity index (χ1v) is 14.7. The van der Waals surface area contributed by atoms with Gasteiger partial charge in [0.05, 0.1) is 56.2 Å². The highest BCUT2D eigenvalue weighted by atomic mass is 19.4. The van der Waals surface area contributed by atoms with Gasteiger partial charge in [-0.25, -0.2) is 0 Å². The third-order valence-corrected chi connectivity index (χ3v) is 8.68. The highest BCUT2D eigenvalue weighted by Gasteiger charge is 2.33. The Labute approximate surface area is 268 Å². The highest BCUT2D eigenvalue weighted by Crippen LogP contribution is 2.44. The summed E-state index contributed by atoms with van der Waals surface area (Å²) in [4.78, 5) is 4.15. The van der Waals surface area contributed by atoms with Crippen LogP contribution in [0, 0.1) is 11.3 Å². The molecule has 10 heteroatoms. The molecule has 0 aliphatic heterocycles. The van der Waals surface area contributed by atoms with Gasteiger partial charge in [-0.2, -0.15) is 31.6 Å². The predicted octanol–water partition coefficient (Wildman–Crippen LogP) is 10.9. The zero-order valence-electron chi connectivity index (χ0n) is 24.6. The quantitative estimate of drug-likeness (QED) is 0.179. The average Bonchev–Trinajstić information content (AvgIpc) is 3.59. The van der Waals surface area contributed by atoms with E-state index in [1.807, 2.05) is 12.1 Å². The molecule has 0 radical (unpaired) electrons. The first kappa shape index (κ1) is 29.3. The Hall–Kier alpha value is -6.08. The minimum Gasteiger partial charge on any atom is -0.308 e. The number of nitrogens with zero attached hydrogens (tertiary/aromatic N) is 4. The predicted molar refractivity (Wildman–Crippen MR) is 173 cm³/mol. The van der Waals surface area contributed by atoms with E-state index in [1.54, 1.807) is 82.2 Å². The van der Waals surface area contributed by atoms with Crippen LogP contribution in [0.1, 0.15) is 16.7 Å². The number of fused-ring (bicyclic) bond motifs is 6. The molecule has 8 aromatic rings. The molecule has 0 aliphatic rings. The van der Waals surface area contributed by atoms with Crippen molar-refractivity contribution in [2.24, 2.45) is 0 Å². The number of pyridine rings is 1. The number of aromatic nitrogens is 3. The molecule has 48 heavy (non-hydrogen) atoms. The lowest BCUT2D eigenvalue weighted by atomic mass is 9.98. The van der Waals surface area contributed by atoms with E-state index >= 15 is 0 Å². The van der Waals surface area contributed by atoms with Gasteiger partial charge in [0.15, 0.2) is 0 Å². The van der Waals surface area contributed by atoms with Crippen LogP contribution < -0.4 is 0 Å². The van der Waals surface area contributed by atoms with E-state index in [4.69, 9.17) is 0 Å².